The van der Waals surface area contributed by atoms with Gasteiger partial charge in [0.2, 0.25) is 0 Å². The maximum Gasteiger partial charge on any atom is 0.128 e. The molecule has 88 valence electrons. The Morgan fingerprint density at radius 1 is 1.06 bits per heavy atom. The Bertz CT molecular complexity index is 529. The van der Waals surface area contributed by atoms with Crippen LogP contribution in [0.5, 0.6) is 0 Å². The van der Waals surface area contributed by atoms with Crippen LogP contribution in [0.2, 0.25) is 0 Å². The summed E-state index contributed by atoms with van der Waals surface area (Å²) in [6, 6.07) is 10.9. The number of nitrogens with one attached hydrogen (secondary N) is 1. The number of halogens is 3. The molecule has 0 aliphatic carbocycles. The molecule has 0 radical (unpaired) electrons. The Hall–Kier alpha value is -1.42. The number of hydrogen-bond acceptors (Lipinski definition) is 1. The average Bonchev–Trinajstić information content (AvgIpc) is 2.30. The SMILES string of the molecule is Fc1ccc(F)c(CNc2cccc(Br)c2)c1. The van der Waals surface area contributed by atoms with E-state index >= 15 is 0 Å². The van der Waals surface area contributed by atoms with Crippen molar-refractivity contribution < 1.29 is 8.78 Å². The second-order valence-electron chi connectivity index (χ2n) is 3.60. The van der Waals surface area contributed by atoms with Gasteiger partial charge in [0.1, 0.15) is 11.6 Å². The van der Waals surface area contributed by atoms with Crippen molar-refractivity contribution in [2.24, 2.45) is 0 Å². The molecule has 0 amide bonds. The zero-order chi connectivity index (χ0) is 12.3. The normalized spacial score (nSPS) is 10.3. The monoisotopic (exact) mass is 297 g/mol. The Morgan fingerprint density at radius 2 is 1.88 bits per heavy atom. The molecule has 0 bridgehead atoms. The van der Waals surface area contributed by atoms with Gasteiger partial charge in [0.15, 0.2) is 0 Å². The van der Waals surface area contributed by atoms with Crippen LogP contribution in [-0.2, 0) is 6.54 Å². The fourth-order valence-corrected chi connectivity index (χ4v) is 1.87. The summed E-state index contributed by atoms with van der Waals surface area (Å²) in [5.41, 5.74) is 1.16. The van der Waals surface area contributed by atoms with Gasteiger partial charge in [0, 0.05) is 22.3 Å². The number of rotatable bonds is 3. The third-order valence-corrected chi connectivity index (χ3v) is 2.81. The first-order valence-corrected chi connectivity index (χ1v) is 5.88. The Kier molecular flexibility index (Phi) is 3.74. The molecule has 2 aromatic carbocycles. The number of benzene rings is 2. The highest BCUT2D eigenvalue weighted by Crippen LogP contribution is 2.17. The lowest BCUT2D eigenvalue weighted by atomic mass is 10.2. The van der Waals surface area contributed by atoms with Crippen molar-refractivity contribution in [2.45, 2.75) is 6.54 Å². The first-order chi connectivity index (χ1) is 8.15. The minimum absolute atomic E-state index is 0.250. The predicted octanol–water partition coefficient (Wildman–Crippen LogP) is 4.34. The van der Waals surface area contributed by atoms with E-state index in [1.54, 1.807) is 0 Å². The molecule has 0 atom stereocenters. The predicted molar refractivity (Wildman–Crippen MR) is 67.8 cm³/mol. The first kappa shape index (κ1) is 12.0. The fourth-order valence-electron chi connectivity index (χ4n) is 1.47. The third-order valence-electron chi connectivity index (χ3n) is 2.32. The van der Waals surface area contributed by atoms with E-state index in [0.29, 0.717) is 5.56 Å². The van der Waals surface area contributed by atoms with Crippen molar-refractivity contribution in [1.82, 2.24) is 0 Å². The highest BCUT2D eigenvalue weighted by molar-refractivity contribution is 9.10. The molecule has 0 saturated heterocycles. The third kappa shape index (κ3) is 3.27. The molecule has 0 heterocycles. The van der Waals surface area contributed by atoms with E-state index < -0.39 is 11.6 Å². The van der Waals surface area contributed by atoms with Gasteiger partial charge in [-0.1, -0.05) is 22.0 Å². The largest absolute Gasteiger partial charge is 0.381 e. The molecular weight excluding hydrogens is 288 g/mol. The van der Waals surface area contributed by atoms with E-state index in [1.165, 1.54) is 6.07 Å². The molecule has 0 unspecified atom stereocenters. The van der Waals surface area contributed by atoms with Crippen LogP contribution in [0.25, 0.3) is 0 Å². The molecule has 1 nitrogen and oxygen atoms in total. The van der Waals surface area contributed by atoms with Crippen LogP contribution in [0.15, 0.2) is 46.9 Å². The molecule has 17 heavy (non-hydrogen) atoms. The second-order valence-corrected chi connectivity index (χ2v) is 4.52. The van der Waals surface area contributed by atoms with E-state index in [-0.39, 0.29) is 6.54 Å². The molecular formula is C13H10BrF2N. The minimum Gasteiger partial charge on any atom is -0.381 e. The van der Waals surface area contributed by atoms with Crippen LogP contribution in [0.4, 0.5) is 14.5 Å². The van der Waals surface area contributed by atoms with Crippen molar-refractivity contribution in [3.63, 3.8) is 0 Å². The van der Waals surface area contributed by atoms with Crippen LogP contribution in [0.3, 0.4) is 0 Å². The molecule has 2 aromatic rings. The van der Waals surface area contributed by atoms with Gasteiger partial charge in [-0.3, -0.25) is 0 Å². The van der Waals surface area contributed by atoms with Crippen molar-refractivity contribution in [1.29, 1.82) is 0 Å². The standard InChI is InChI=1S/C13H10BrF2N/c14-10-2-1-3-12(7-10)17-8-9-6-11(15)4-5-13(9)16/h1-7,17H,8H2. The second kappa shape index (κ2) is 5.27. The lowest BCUT2D eigenvalue weighted by molar-refractivity contribution is 0.587. The highest BCUT2D eigenvalue weighted by Gasteiger charge is 2.03. The maximum atomic E-state index is 13.3. The van der Waals surface area contributed by atoms with Gasteiger partial charge < -0.3 is 5.32 Å². The van der Waals surface area contributed by atoms with Crippen LogP contribution >= 0.6 is 15.9 Å². The van der Waals surface area contributed by atoms with E-state index in [9.17, 15) is 8.78 Å². The van der Waals surface area contributed by atoms with Gasteiger partial charge in [-0.25, -0.2) is 8.78 Å². The molecule has 0 aromatic heterocycles. The van der Waals surface area contributed by atoms with Crippen LogP contribution in [0, 0.1) is 11.6 Å². The Morgan fingerprint density at radius 3 is 2.65 bits per heavy atom. The average molecular weight is 298 g/mol. The van der Waals surface area contributed by atoms with Crippen molar-refractivity contribution in [2.75, 3.05) is 5.32 Å². The Balaban J connectivity index is 2.09. The van der Waals surface area contributed by atoms with Gasteiger partial charge in [-0.15, -0.1) is 0 Å². The summed E-state index contributed by atoms with van der Waals surface area (Å²) in [6.07, 6.45) is 0. The topological polar surface area (TPSA) is 12.0 Å². The zero-order valence-electron chi connectivity index (χ0n) is 8.88. The zero-order valence-corrected chi connectivity index (χ0v) is 10.5. The van der Waals surface area contributed by atoms with Crippen LogP contribution < -0.4 is 5.32 Å². The summed E-state index contributed by atoms with van der Waals surface area (Å²) < 4.78 is 27.2. The molecule has 0 aliphatic heterocycles. The number of hydrogen-bond donors (Lipinski definition) is 1. The summed E-state index contributed by atoms with van der Waals surface area (Å²) in [4.78, 5) is 0. The lowest BCUT2D eigenvalue weighted by Crippen LogP contribution is -2.02. The van der Waals surface area contributed by atoms with E-state index in [2.05, 4.69) is 21.2 Å². The summed E-state index contributed by atoms with van der Waals surface area (Å²) in [5, 5.41) is 3.03. The van der Waals surface area contributed by atoms with Crippen molar-refractivity contribution >= 4 is 21.6 Å². The van der Waals surface area contributed by atoms with Crippen molar-refractivity contribution in [3.05, 3.63) is 64.1 Å². The van der Waals surface area contributed by atoms with Crippen LogP contribution in [0.1, 0.15) is 5.56 Å². The molecule has 0 spiro atoms. The van der Waals surface area contributed by atoms with E-state index in [0.717, 1.165) is 22.3 Å². The summed E-state index contributed by atoms with van der Waals surface area (Å²) in [5.74, 6) is -0.841. The minimum atomic E-state index is -0.433. The molecule has 0 fully saturated rings. The van der Waals surface area contributed by atoms with E-state index in [4.69, 9.17) is 0 Å². The maximum absolute atomic E-state index is 13.3. The molecule has 0 aliphatic rings. The van der Waals surface area contributed by atoms with Gasteiger partial charge in [0.05, 0.1) is 0 Å². The molecule has 2 rings (SSSR count). The number of anilines is 1. The highest BCUT2D eigenvalue weighted by atomic mass is 79.9. The van der Waals surface area contributed by atoms with Gasteiger partial charge in [-0.05, 0) is 36.4 Å². The van der Waals surface area contributed by atoms with E-state index in [1.807, 2.05) is 24.3 Å². The fraction of sp³-hybridized carbons (Fsp3) is 0.0769. The van der Waals surface area contributed by atoms with Crippen molar-refractivity contribution in [3.8, 4) is 0 Å². The smallest absolute Gasteiger partial charge is 0.128 e. The van der Waals surface area contributed by atoms with Gasteiger partial charge in [-0.2, -0.15) is 0 Å². The Labute approximate surface area is 107 Å². The van der Waals surface area contributed by atoms with Crippen LogP contribution in [-0.4, -0.2) is 0 Å². The first-order valence-electron chi connectivity index (χ1n) is 5.08. The lowest BCUT2D eigenvalue weighted by Gasteiger charge is -2.07. The summed E-state index contributed by atoms with van der Waals surface area (Å²) in [7, 11) is 0. The van der Waals surface area contributed by atoms with Gasteiger partial charge in [0.25, 0.3) is 0 Å². The molecule has 4 heteroatoms. The molecule has 0 saturated carbocycles. The molecule has 1 N–H and O–H groups in total. The quantitative estimate of drug-likeness (QED) is 0.889. The summed E-state index contributed by atoms with van der Waals surface area (Å²) in [6.45, 7) is 0.250. The summed E-state index contributed by atoms with van der Waals surface area (Å²) >= 11 is 3.34. The van der Waals surface area contributed by atoms with Gasteiger partial charge >= 0.3 is 0 Å².